The number of hydrogen-bond donors (Lipinski definition) is 1. The van der Waals surface area contributed by atoms with E-state index in [2.05, 4.69) is 32.3 Å². The second-order valence-electron chi connectivity index (χ2n) is 3.45. The van der Waals surface area contributed by atoms with Gasteiger partial charge in [-0.25, -0.2) is 0 Å². The van der Waals surface area contributed by atoms with E-state index in [0.29, 0.717) is 0 Å². The van der Waals surface area contributed by atoms with Gasteiger partial charge >= 0.3 is 0 Å². The molecule has 1 aromatic rings. The fourth-order valence-electron chi connectivity index (χ4n) is 1.57. The van der Waals surface area contributed by atoms with Crippen LogP contribution in [-0.2, 0) is 0 Å². The smallest absolute Gasteiger partial charge is 0.0630 e. The third kappa shape index (κ3) is 2.66. The SMILES string of the molecule is Brc1ccc(C=C2CCNCC2)nc1. The predicted octanol–water partition coefficient (Wildman–Crippen LogP) is 2.61. The Morgan fingerprint density at radius 2 is 2.07 bits per heavy atom. The first-order chi connectivity index (χ1) is 6.84. The molecule has 1 aliphatic heterocycles. The van der Waals surface area contributed by atoms with Gasteiger partial charge in [0, 0.05) is 10.7 Å². The van der Waals surface area contributed by atoms with Crippen molar-refractivity contribution in [2.45, 2.75) is 12.8 Å². The Kier molecular flexibility index (Phi) is 3.32. The first-order valence-electron chi connectivity index (χ1n) is 4.86. The van der Waals surface area contributed by atoms with Gasteiger partial charge in [-0.05, 0) is 60.1 Å². The Balaban J connectivity index is 2.11. The lowest BCUT2D eigenvalue weighted by atomic mass is 10.0. The summed E-state index contributed by atoms with van der Waals surface area (Å²) in [7, 11) is 0. The average molecular weight is 253 g/mol. The Hall–Kier alpha value is -0.670. The van der Waals surface area contributed by atoms with Crippen molar-refractivity contribution < 1.29 is 0 Å². The highest BCUT2D eigenvalue weighted by Gasteiger charge is 2.04. The summed E-state index contributed by atoms with van der Waals surface area (Å²) in [4.78, 5) is 4.33. The van der Waals surface area contributed by atoms with Gasteiger partial charge in [-0.2, -0.15) is 0 Å². The minimum absolute atomic E-state index is 1.03. The molecule has 3 heteroatoms. The maximum atomic E-state index is 4.33. The molecule has 0 aromatic carbocycles. The summed E-state index contributed by atoms with van der Waals surface area (Å²) >= 11 is 3.38. The molecule has 0 saturated carbocycles. The van der Waals surface area contributed by atoms with Gasteiger partial charge in [-0.15, -0.1) is 0 Å². The molecule has 2 heterocycles. The quantitative estimate of drug-likeness (QED) is 0.832. The van der Waals surface area contributed by atoms with Crippen molar-refractivity contribution in [3.63, 3.8) is 0 Å². The lowest BCUT2D eigenvalue weighted by Crippen LogP contribution is -2.22. The summed E-state index contributed by atoms with van der Waals surface area (Å²) in [5.74, 6) is 0. The summed E-state index contributed by atoms with van der Waals surface area (Å²) in [5.41, 5.74) is 2.56. The molecule has 14 heavy (non-hydrogen) atoms. The summed E-state index contributed by atoms with van der Waals surface area (Å²) in [6, 6.07) is 4.07. The molecule has 2 rings (SSSR count). The molecule has 0 amide bonds. The molecular weight excluding hydrogens is 240 g/mol. The lowest BCUT2D eigenvalue weighted by molar-refractivity contribution is 0.613. The minimum Gasteiger partial charge on any atom is -0.316 e. The monoisotopic (exact) mass is 252 g/mol. The number of halogens is 1. The van der Waals surface area contributed by atoms with Crippen LogP contribution in [0.3, 0.4) is 0 Å². The van der Waals surface area contributed by atoms with Crippen LogP contribution in [0, 0.1) is 0 Å². The number of nitrogens with zero attached hydrogens (tertiary/aromatic N) is 1. The number of rotatable bonds is 1. The molecule has 2 nitrogen and oxygen atoms in total. The van der Waals surface area contributed by atoms with E-state index < -0.39 is 0 Å². The molecule has 0 unspecified atom stereocenters. The van der Waals surface area contributed by atoms with E-state index in [1.165, 1.54) is 5.57 Å². The van der Waals surface area contributed by atoms with Crippen LogP contribution in [0.15, 0.2) is 28.4 Å². The first kappa shape index (κ1) is 9.87. The van der Waals surface area contributed by atoms with Crippen molar-refractivity contribution in [3.8, 4) is 0 Å². The second kappa shape index (κ2) is 4.71. The van der Waals surface area contributed by atoms with E-state index in [9.17, 15) is 0 Å². The lowest BCUT2D eigenvalue weighted by Gasteiger charge is -2.14. The Morgan fingerprint density at radius 1 is 1.29 bits per heavy atom. The van der Waals surface area contributed by atoms with Gasteiger partial charge in [0.1, 0.15) is 0 Å². The van der Waals surface area contributed by atoms with Crippen LogP contribution in [0.5, 0.6) is 0 Å². The van der Waals surface area contributed by atoms with Crippen molar-refractivity contribution in [3.05, 3.63) is 34.1 Å². The van der Waals surface area contributed by atoms with E-state index in [1.54, 1.807) is 0 Å². The van der Waals surface area contributed by atoms with Gasteiger partial charge in [0.15, 0.2) is 0 Å². The maximum Gasteiger partial charge on any atom is 0.0630 e. The first-order valence-corrected chi connectivity index (χ1v) is 5.65. The van der Waals surface area contributed by atoms with Gasteiger partial charge in [0.2, 0.25) is 0 Å². The molecule has 1 aromatic heterocycles. The maximum absolute atomic E-state index is 4.33. The van der Waals surface area contributed by atoms with Crippen molar-refractivity contribution >= 4 is 22.0 Å². The normalized spacial score (nSPS) is 16.8. The fourth-order valence-corrected chi connectivity index (χ4v) is 1.81. The van der Waals surface area contributed by atoms with E-state index in [0.717, 1.165) is 36.1 Å². The molecule has 0 spiro atoms. The van der Waals surface area contributed by atoms with Gasteiger partial charge in [0.05, 0.1) is 5.69 Å². The summed E-state index contributed by atoms with van der Waals surface area (Å²) in [6.07, 6.45) is 6.34. The van der Waals surface area contributed by atoms with Gasteiger partial charge < -0.3 is 5.32 Å². The molecular formula is C11H13BrN2. The summed E-state index contributed by atoms with van der Waals surface area (Å²) in [5, 5.41) is 3.34. The van der Waals surface area contributed by atoms with E-state index in [-0.39, 0.29) is 0 Å². The van der Waals surface area contributed by atoms with Gasteiger partial charge in [-0.3, -0.25) is 4.98 Å². The molecule has 0 radical (unpaired) electrons. The molecule has 0 aliphatic carbocycles. The average Bonchev–Trinajstić information content (AvgIpc) is 2.23. The highest BCUT2D eigenvalue weighted by atomic mass is 79.9. The molecule has 0 bridgehead atoms. The Bertz CT molecular complexity index is 322. The van der Waals surface area contributed by atoms with Crippen molar-refractivity contribution in [2.75, 3.05) is 13.1 Å². The number of nitrogens with one attached hydrogen (secondary N) is 1. The highest BCUT2D eigenvalue weighted by molar-refractivity contribution is 9.10. The fraction of sp³-hybridized carbons (Fsp3) is 0.364. The molecule has 1 fully saturated rings. The summed E-state index contributed by atoms with van der Waals surface area (Å²) in [6.45, 7) is 2.20. The molecule has 74 valence electrons. The zero-order valence-corrected chi connectivity index (χ0v) is 9.55. The van der Waals surface area contributed by atoms with Gasteiger partial charge in [0.25, 0.3) is 0 Å². The standard InChI is InChI=1S/C11H13BrN2/c12-10-1-2-11(14-8-10)7-9-3-5-13-6-4-9/h1-2,7-8,13H,3-6H2. The number of aromatic nitrogens is 1. The minimum atomic E-state index is 1.03. The van der Waals surface area contributed by atoms with Crippen LogP contribution < -0.4 is 5.32 Å². The summed E-state index contributed by atoms with van der Waals surface area (Å²) < 4.78 is 1.03. The second-order valence-corrected chi connectivity index (χ2v) is 4.37. The number of pyridine rings is 1. The van der Waals surface area contributed by atoms with E-state index in [1.807, 2.05) is 18.3 Å². The molecule has 1 N–H and O–H groups in total. The van der Waals surface area contributed by atoms with Crippen molar-refractivity contribution in [1.29, 1.82) is 0 Å². The van der Waals surface area contributed by atoms with E-state index >= 15 is 0 Å². The molecule has 1 aliphatic rings. The highest BCUT2D eigenvalue weighted by Crippen LogP contribution is 2.15. The van der Waals surface area contributed by atoms with Crippen LogP contribution in [0.25, 0.3) is 6.08 Å². The third-order valence-electron chi connectivity index (χ3n) is 2.35. The van der Waals surface area contributed by atoms with Crippen LogP contribution in [0.4, 0.5) is 0 Å². The van der Waals surface area contributed by atoms with E-state index in [4.69, 9.17) is 0 Å². The van der Waals surface area contributed by atoms with Crippen LogP contribution in [0.1, 0.15) is 18.5 Å². The van der Waals surface area contributed by atoms with Gasteiger partial charge in [-0.1, -0.05) is 5.57 Å². The zero-order chi connectivity index (χ0) is 9.80. The van der Waals surface area contributed by atoms with Crippen LogP contribution in [0.2, 0.25) is 0 Å². The Morgan fingerprint density at radius 3 is 2.71 bits per heavy atom. The molecule has 0 atom stereocenters. The van der Waals surface area contributed by atoms with Crippen LogP contribution >= 0.6 is 15.9 Å². The largest absolute Gasteiger partial charge is 0.316 e. The zero-order valence-electron chi connectivity index (χ0n) is 7.96. The van der Waals surface area contributed by atoms with Crippen molar-refractivity contribution in [2.24, 2.45) is 0 Å². The Labute approximate surface area is 92.6 Å². The van der Waals surface area contributed by atoms with Crippen molar-refractivity contribution in [1.82, 2.24) is 10.3 Å². The third-order valence-corrected chi connectivity index (χ3v) is 2.82. The topological polar surface area (TPSA) is 24.9 Å². The molecule has 1 saturated heterocycles. The number of piperidine rings is 1. The number of hydrogen-bond acceptors (Lipinski definition) is 2. The predicted molar refractivity (Wildman–Crippen MR) is 62.0 cm³/mol. The van der Waals surface area contributed by atoms with Crippen LogP contribution in [-0.4, -0.2) is 18.1 Å².